The van der Waals surface area contributed by atoms with Crippen molar-refractivity contribution in [2.24, 2.45) is 5.92 Å². The minimum Gasteiger partial charge on any atom is -0.379 e. The van der Waals surface area contributed by atoms with Crippen LogP contribution in [0.15, 0.2) is 66.1 Å². The summed E-state index contributed by atoms with van der Waals surface area (Å²) in [5.41, 5.74) is 3.73. The summed E-state index contributed by atoms with van der Waals surface area (Å²) in [6.07, 6.45) is 11.6. The quantitative estimate of drug-likeness (QED) is 0.0436. The molecule has 5 aromatic rings. The Bertz CT molecular complexity index is 2740. The van der Waals surface area contributed by atoms with Gasteiger partial charge in [0, 0.05) is 77.5 Å². The number of hydrogen-bond donors (Lipinski definition) is 5. The molecule has 0 saturated carbocycles. The lowest BCUT2D eigenvalue weighted by Crippen LogP contribution is -2.36. The highest BCUT2D eigenvalue weighted by atomic mass is 35.5. The molecule has 0 radical (unpaired) electrons. The number of carbonyl (C=O) groups excluding carboxylic acids is 4. The second-order valence-electron chi connectivity index (χ2n) is 17.8. The van der Waals surface area contributed by atoms with Gasteiger partial charge in [-0.2, -0.15) is 16.9 Å². The average Bonchev–Trinajstić information content (AvgIpc) is 4.17. The van der Waals surface area contributed by atoms with Crippen molar-refractivity contribution in [1.29, 1.82) is 0 Å². The maximum atomic E-state index is 14.0. The summed E-state index contributed by atoms with van der Waals surface area (Å²) in [7, 11) is 0. The lowest BCUT2D eigenvalue weighted by atomic mass is 9.97. The number of hydrogen-bond acceptors (Lipinski definition) is 14. The van der Waals surface area contributed by atoms with E-state index in [1.807, 2.05) is 30.8 Å². The smallest absolute Gasteiger partial charge is 0.315 e. The van der Waals surface area contributed by atoms with Crippen molar-refractivity contribution >= 4 is 64.4 Å². The van der Waals surface area contributed by atoms with E-state index in [2.05, 4.69) is 36.9 Å². The van der Waals surface area contributed by atoms with Crippen LogP contribution in [0.4, 0.5) is 10.5 Å². The molecule has 0 aliphatic carbocycles. The lowest BCUT2D eigenvalue weighted by molar-refractivity contribution is -0.123. The highest BCUT2D eigenvalue weighted by Crippen LogP contribution is 2.35. The van der Waals surface area contributed by atoms with Crippen LogP contribution in [-0.4, -0.2) is 139 Å². The van der Waals surface area contributed by atoms with Crippen LogP contribution in [0.2, 0.25) is 10.2 Å². The van der Waals surface area contributed by atoms with Gasteiger partial charge in [0.25, 0.3) is 5.56 Å². The minimum atomic E-state index is -0.486. The Morgan fingerprint density at radius 2 is 1.65 bits per heavy atom. The van der Waals surface area contributed by atoms with E-state index in [1.165, 1.54) is 17.1 Å². The van der Waals surface area contributed by atoms with Crippen molar-refractivity contribution in [3.05, 3.63) is 87.5 Å². The third-order valence-electron chi connectivity index (χ3n) is 12.6. The first-order valence-electron chi connectivity index (χ1n) is 24.3. The molecule has 3 aliphatic rings. The molecule has 5 atom stereocenters. The molecule has 24 heteroatoms. The summed E-state index contributed by atoms with van der Waals surface area (Å²) in [5.74, 6) is 0.275. The Balaban J connectivity index is 0.738. The number of ether oxygens (including phenoxy) is 3. The number of thioether (sulfide) groups is 1. The van der Waals surface area contributed by atoms with E-state index in [0.717, 1.165) is 25.0 Å². The normalized spacial score (nSPS) is 19.6. The number of nitrogens with zero attached hydrogens (tertiary/aromatic N) is 8. The van der Waals surface area contributed by atoms with Crippen LogP contribution in [0.5, 0.6) is 0 Å². The fourth-order valence-corrected chi connectivity index (χ4v) is 10.7. The highest BCUT2D eigenvalue weighted by Gasteiger charge is 2.42. The number of aromatic nitrogens is 8. The molecular formula is C48H59Cl2N13O8S. The van der Waals surface area contributed by atoms with Crippen LogP contribution in [0.1, 0.15) is 70.0 Å². The summed E-state index contributed by atoms with van der Waals surface area (Å²) in [6, 6.07) is 10.2. The Morgan fingerprint density at radius 1 is 0.875 bits per heavy atom. The molecule has 7 heterocycles. The zero-order valence-corrected chi connectivity index (χ0v) is 42.2. The molecule has 72 heavy (non-hydrogen) atoms. The molecule has 2 saturated heterocycles. The molecule has 0 spiro atoms. The summed E-state index contributed by atoms with van der Waals surface area (Å²) in [5, 5.41) is 28.5. The first kappa shape index (κ1) is 52.4. The van der Waals surface area contributed by atoms with E-state index >= 15 is 0 Å². The highest BCUT2D eigenvalue weighted by molar-refractivity contribution is 8.00. The van der Waals surface area contributed by atoms with E-state index in [0.29, 0.717) is 128 Å². The first-order chi connectivity index (χ1) is 35.0. The molecule has 3 aliphatic heterocycles. The maximum Gasteiger partial charge on any atom is 0.315 e. The van der Waals surface area contributed by atoms with Crippen molar-refractivity contribution in [3.8, 4) is 28.2 Å². The van der Waals surface area contributed by atoms with Gasteiger partial charge in [-0.1, -0.05) is 48.2 Å². The number of benzene rings is 1. The fourth-order valence-electron chi connectivity index (χ4n) is 8.84. The zero-order valence-electron chi connectivity index (χ0n) is 39.9. The fraction of sp³-hybridized carbons (Fsp3) is 0.500. The number of nitrogens with one attached hydrogen (secondary N) is 5. The largest absolute Gasteiger partial charge is 0.379 e. The predicted octanol–water partition coefficient (Wildman–Crippen LogP) is 4.80. The predicted molar refractivity (Wildman–Crippen MR) is 271 cm³/mol. The molecule has 5 N–H and O–H groups in total. The number of amides is 5. The number of anilines is 1. The Kier molecular flexibility index (Phi) is 18.7. The number of rotatable bonds is 23. The van der Waals surface area contributed by atoms with Crippen LogP contribution < -0.4 is 32.1 Å². The van der Waals surface area contributed by atoms with E-state index in [4.69, 9.17) is 52.5 Å². The third-order valence-corrected chi connectivity index (χ3v) is 14.5. The van der Waals surface area contributed by atoms with Gasteiger partial charge in [-0.05, 0) is 56.0 Å². The summed E-state index contributed by atoms with van der Waals surface area (Å²) < 4.78 is 21.8. The van der Waals surface area contributed by atoms with Crippen molar-refractivity contribution in [2.75, 3.05) is 63.8 Å². The van der Waals surface area contributed by atoms with Crippen LogP contribution in [0.25, 0.3) is 28.2 Å². The van der Waals surface area contributed by atoms with E-state index < -0.39 is 6.04 Å². The number of halogens is 2. The van der Waals surface area contributed by atoms with Crippen LogP contribution in [0.3, 0.4) is 0 Å². The monoisotopic (exact) mass is 1050 g/mol. The first-order valence-corrected chi connectivity index (χ1v) is 26.1. The van der Waals surface area contributed by atoms with E-state index in [-0.39, 0.29) is 65.5 Å². The number of carbonyl (C=O) groups is 4. The molecule has 2 fully saturated rings. The van der Waals surface area contributed by atoms with Crippen molar-refractivity contribution < 1.29 is 33.4 Å². The van der Waals surface area contributed by atoms with Gasteiger partial charge >= 0.3 is 6.03 Å². The number of pyridine rings is 1. The van der Waals surface area contributed by atoms with Gasteiger partial charge in [0.15, 0.2) is 5.15 Å². The van der Waals surface area contributed by atoms with Crippen molar-refractivity contribution in [1.82, 2.24) is 60.6 Å². The second kappa shape index (κ2) is 25.7. The van der Waals surface area contributed by atoms with Gasteiger partial charge < -0.3 is 40.8 Å². The Morgan fingerprint density at radius 3 is 2.43 bits per heavy atom. The van der Waals surface area contributed by atoms with Gasteiger partial charge in [0.2, 0.25) is 17.7 Å². The van der Waals surface area contributed by atoms with Crippen LogP contribution >= 0.6 is 35.0 Å². The maximum absolute atomic E-state index is 14.0. The molecule has 2 bridgehead atoms. The van der Waals surface area contributed by atoms with Gasteiger partial charge in [-0.15, -0.1) is 5.10 Å². The molecule has 384 valence electrons. The Hall–Kier alpha value is -5.91. The number of unbranched alkanes of at least 4 members (excludes halogenated alkanes) is 1. The minimum absolute atomic E-state index is 0.0384. The summed E-state index contributed by atoms with van der Waals surface area (Å²) >= 11 is 14.3. The van der Waals surface area contributed by atoms with Crippen molar-refractivity contribution in [2.45, 2.75) is 88.2 Å². The van der Waals surface area contributed by atoms with Gasteiger partial charge in [-0.3, -0.25) is 33.4 Å². The number of fused-ring (bicyclic) bond motifs is 5. The summed E-state index contributed by atoms with van der Waals surface area (Å²) in [6.45, 7) is 4.92. The molecule has 4 unspecified atom stereocenters. The number of urea groups is 1. The SMILES string of the molecule is CC1CCC[C@H](n2cnc(-c3cc(Cl)ccc3-n3cc(Cl)nn3)cc2=O)c2cc(ccn2)-c2nn(CCOCCOCCOCCC(=O)NCCNC(=O)CCCCC3SCC4NC(=O)NC43)cc2NC1=O. The van der Waals surface area contributed by atoms with Gasteiger partial charge in [-0.25, -0.2) is 14.5 Å². The van der Waals surface area contributed by atoms with Crippen LogP contribution in [-0.2, 0) is 35.1 Å². The molecule has 4 aromatic heterocycles. The Labute approximate surface area is 430 Å². The molecule has 8 rings (SSSR count). The lowest BCUT2D eigenvalue weighted by Gasteiger charge is -2.22. The summed E-state index contributed by atoms with van der Waals surface area (Å²) in [4.78, 5) is 72.8. The molecular weight excluding hydrogens is 990 g/mol. The van der Waals surface area contributed by atoms with E-state index in [9.17, 15) is 24.0 Å². The topological polar surface area (TPSA) is 252 Å². The van der Waals surface area contributed by atoms with Gasteiger partial charge in [0.1, 0.15) is 5.69 Å². The van der Waals surface area contributed by atoms with Gasteiger partial charge in [0.05, 0.1) is 99.6 Å². The van der Waals surface area contributed by atoms with Crippen LogP contribution in [0, 0.1) is 5.92 Å². The zero-order chi connectivity index (χ0) is 50.4. The van der Waals surface area contributed by atoms with Crippen molar-refractivity contribution in [3.63, 3.8) is 0 Å². The molecule has 5 amide bonds. The van der Waals surface area contributed by atoms with E-state index in [1.54, 1.807) is 46.0 Å². The molecule has 21 nitrogen and oxygen atoms in total. The standard InChI is InChI=1S/C48H59Cl2N13O8S/c1-30-5-4-6-39(62-29-54-34(25-44(62)66)33-24-32(49)9-10-38(33)63-27-41(50)58-60-63)35-23-31(11-13-51-35)45-36(55-47(30)67)26-61(59-45)16-18-70-20-22-71-21-19-69-17-12-43(65)53-15-14-52-42(64)8-3-2-7-40-46-37(28-72-40)56-48(68)57-46/h9-11,13,23-27,29-30,37,39-40,46H,2-8,12,14-22,28H2,1H3,(H,52,64)(H,53,65)(H,55,67)(H2,56,57,68)/t30?,37?,39-,40?,46?/m0/s1. The third kappa shape index (κ3) is 14.2. The molecule has 1 aromatic carbocycles. The second-order valence-corrected chi connectivity index (χ2v) is 19.9. The average molecular weight is 1050 g/mol.